The zero-order chi connectivity index (χ0) is 19.6. The van der Waals surface area contributed by atoms with Gasteiger partial charge in [-0.25, -0.2) is 0 Å². The molecular formula is C21H28N2O4. The fourth-order valence-electron chi connectivity index (χ4n) is 3.74. The minimum absolute atomic E-state index is 0.129. The summed E-state index contributed by atoms with van der Waals surface area (Å²) in [5.41, 5.74) is 2.89. The Balaban J connectivity index is 1.81. The average Bonchev–Trinajstić information content (AvgIpc) is 2.98. The van der Waals surface area contributed by atoms with Gasteiger partial charge in [0, 0.05) is 29.7 Å². The van der Waals surface area contributed by atoms with E-state index in [0.29, 0.717) is 13.0 Å². The van der Waals surface area contributed by atoms with Gasteiger partial charge in [-0.3, -0.25) is 14.5 Å². The van der Waals surface area contributed by atoms with E-state index in [1.807, 2.05) is 39.0 Å². The second-order valence-corrected chi connectivity index (χ2v) is 7.98. The molecule has 1 aliphatic rings. The van der Waals surface area contributed by atoms with Crippen LogP contribution in [-0.4, -0.2) is 47.6 Å². The highest BCUT2D eigenvalue weighted by Gasteiger charge is 2.32. The van der Waals surface area contributed by atoms with E-state index in [1.54, 1.807) is 0 Å². The largest absolute Gasteiger partial charge is 0.469 e. The van der Waals surface area contributed by atoms with Crippen LogP contribution in [0.1, 0.15) is 50.9 Å². The van der Waals surface area contributed by atoms with Crippen LogP contribution in [0.15, 0.2) is 24.3 Å². The fourth-order valence-corrected chi connectivity index (χ4v) is 3.74. The minimum Gasteiger partial charge on any atom is -0.469 e. The smallest absolute Gasteiger partial charge is 0.307 e. The number of nitrogens with one attached hydrogen (secondary N) is 1. The lowest BCUT2D eigenvalue weighted by Gasteiger charge is -2.35. The van der Waals surface area contributed by atoms with E-state index in [4.69, 9.17) is 9.47 Å². The molecule has 27 heavy (non-hydrogen) atoms. The Morgan fingerprint density at radius 1 is 1.22 bits per heavy atom. The number of esters is 2. The van der Waals surface area contributed by atoms with Crippen LogP contribution in [0.4, 0.5) is 0 Å². The number of carbonyl (C=O) groups excluding carboxylic acids is 2. The summed E-state index contributed by atoms with van der Waals surface area (Å²) in [5, 5.41) is 1.20. The number of fused-ring (bicyclic) bond motifs is 3. The third-order valence-corrected chi connectivity index (χ3v) is 4.88. The first kappa shape index (κ1) is 19.4. The predicted molar refractivity (Wildman–Crippen MR) is 103 cm³/mol. The van der Waals surface area contributed by atoms with Crippen LogP contribution in [-0.2, 0) is 25.5 Å². The van der Waals surface area contributed by atoms with E-state index in [2.05, 4.69) is 16.0 Å². The fraction of sp³-hybridized carbons (Fsp3) is 0.524. The molecule has 1 aromatic carbocycles. The number of para-hydroxylation sites is 1. The lowest BCUT2D eigenvalue weighted by atomic mass is 9.95. The molecule has 1 unspecified atom stereocenters. The first-order valence-electron chi connectivity index (χ1n) is 9.40. The highest BCUT2D eigenvalue weighted by atomic mass is 16.6. The van der Waals surface area contributed by atoms with E-state index in [1.165, 1.54) is 18.1 Å². The molecule has 0 fully saturated rings. The van der Waals surface area contributed by atoms with Crippen LogP contribution in [0, 0.1) is 0 Å². The molecule has 2 aromatic rings. The van der Waals surface area contributed by atoms with Crippen molar-refractivity contribution >= 4 is 22.8 Å². The number of ether oxygens (including phenoxy) is 2. The van der Waals surface area contributed by atoms with E-state index in [9.17, 15) is 9.59 Å². The van der Waals surface area contributed by atoms with Crippen molar-refractivity contribution in [1.82, 2.24) is 9.88 Å². The Bertz CT molecular complexity index is 834. The lowest BCUT2D eigenvalue weighted by Crippen LogP contribution is -2.38. The van der Waals surface area contributed by atoms with E-state index < -0.39 is 5.60 Å². The van der Waals surface area contributed by atoms with Crippen LogP contribution >= 0.6 is 0 Å². The molecule has 0 radical (unpaired) electrons. The summed E-state index contributed by atoms with van der Waals surface area (Å²) in [4.78, 5) is 29.8. The Morgan fingerprint density at radius 3 is 2.67 bits per heavy atom. The number of methoxy groups -OCH3 is 1. The van der Waals surface area contributed by atoms with Crippen LogP contribution in [0.25, 0.3) is 10.9 Å². The van der Waals surface area contributed by atoms with Crippen molar-refractivity contribution in [3.63, 3.8) is 0 Å². The minimum atomic E-state index is -0.491. The van der Waals surface area contributed by atoms with Crippen LogP contribution < -0.4 is 0 Å². The maximum atomic E-state index is 12.1. The van der Waals surface area contributed by atoms with Crippen LogP contribution in [0.3, 0.4) is 0 Å². The van der Waals surface area contributed by atoms with Gasteiger partial charge in [-0.1, -0.05) is 18.2 Å². The Morgan fingerprint density at radius 2 is 1.96 bits per heavy atom. The van der Waals surface area contributed by atoms with Crippen molar-refractivity contribution < 1.29 is 19.1 Å². The average molecular weight is 372 g/mol. The van der Waals surface area contributed by atoms with Gasteiger partial charge in [0.1, 0.15) is 5.60 Å². The zero-order valence-corrected chi connectivity index (χ0v) is 16.5. The third kappa shape index (κ3) is 4.50. The van der Waals surface area contributed by atoms with Crippen molar-refractivity contribution in [1.29, 1.82) is 0 Å². The normalized spacial score (nSPS) is 17.6. The number of hydrogen-bond donors (Lipinski definition) is 1. The highest BCUT2D eigenvalue weighted by Crippen LogP contribution is 2.36. The summed E-state index contributed by atoms with van der Waals surface area (Å²) >= 11 is 0. The number of benzene rings is 1. The summed E-state index contributed by atoms with van der Waals surface area (Å²) in [6.07, 6.45) is 1.43. The Labute approximate surface area is 159 Å². The second-order valence-electron chi connectivity index (χ2n) is 7.98. The lowest BCUT2D eigenvalue weighted by molar-refractivity contribution is -0.155. The molecule has 0 bridgehead atoms. The standard InChI is InChI=1S/C21H28N2O4/c1-21(2,3)27-18(24)10-12-23-11-9-15-14-7-5-6-8-16(14)22-20(15)17(23)13-19(25)26-4/h5-8,17,22H,9-13H2,1-4H3. The molecule has 6 heteroatoms. The molecule has 6 nitrogen and oxygen atoms in total. The highest BCUT2D eigenvalue weighted by molar-refractivity contribution is 5.85. The summed E-state index contributed by atoms with van der Waals surface area (Å²) in [6.45, 7) is 6.93. The van der Waals surface area contributed by atoms with Crippen molar-refractivity contribution in [3.05, 3.63) is 35.5 Å². The molecular weight excluding hydrogens is 344 g/mol. The van der Waals surface area contributed by atoms with Gasteiger partial charge in [0.25, 0.3) is 0 Å². The van der Waals surface area contributed by atoms with Gasteiger partial charge in [-0.15, -0.1) is 0 Å². The van der Waals surface area contributed by atoms with Crippen LogP contribution in [0.5, 0.6) is 0 Å². The molecule has 1 aromatic heterocycles. The summed E-state index contributed by atoms with van der Waals surface area (Å²) in [6, 6.07) is 8.06. The van der Waals surface area contributed by atoms with E-state index in [0.717, 1.165) is 24.2 Å². The molecule has 3 rings (SSSR count). The van der Waals surface area contributed by atoms with Crippen molar-refractivity contribution in [2.75, 3.05) is 20.2 Å². The molecule has 1 atom stereocenters. The monoisotopic (exact) mass is 372 g/mol. The molecule has 0 saturated carbocycles. The number of aromatic nitrogens is 1. The zero-order valence-electron chi connectivity index (χ0n) is 16.5. The summed E-state index contributed by atoms with van der Waals surface area (Å²) in [5.74, 6) is -0.476. The number of H-pyrrole nitrogens is 1. The van der Waals surface area contributed by atoms with Gasteiger partial charge in [-0.2, -0.15) is 0 Å². The SMILES string of the molecule is COC(=O)CC1c2[nH]c3ccccc3c2CCN1CCC(=O)OC(C)(C)C. The molecule has 0 spiro atoms. The first-order chi connectivity index (χ1) is 12.8. The van der Waals surface area contributed by atoms with Gasteiger partial charge in [0.05, 0.1) is 26.0 Å². The van der Waals surface area contributed by atoms with Crippen molar-refractivity contribution in [2.45, 2.75) is 51.7 Å². The molecule has 0 aliphatic carbocycles. The van der Waals surface area contributed by atoms with Crippen molar-refractivity contribution in [3.8, 4) is 0 Å². The number of hydrogen-bond acceptors (Lipinski definition) is 5. The van der Waals surface area contributed by atoms with Crippen molar-refractivity contribution in [2.24, 2.45) is 0 Å². The number of nitrogens with zero attached hydrogens (tertiary/aromatic N) is 1. The maximum absolute atomic E-state index is 12.1. The maximum Gasteiger partial charge on any atom is 0.307 e. The first-order valence-corrected chi connectivity index (χ1v) is 9.40. The van der Waals surface area contributed by atoms with Gasteiger partial charge in [-0.05, 0) is 38.8 Å². The molecule has 1 aliphatic heterocycles. The Hall–Kier alpha value is -2.34. The molecule has 2 heterocycles. The summed E-state index contributed by atoms with van der Waals surface area (Å²) in [7, 11) is 1.41. The number of carbonyl (C=O) groups is 2. The molecule has 0 saturated heterocycles. The van der Waals surface area contributed by atoms with E-state index >= 15 is 0 Å². The van der Waals surface area contributed by atoms with Gasteiger partial charge in [0.2, 0.25) is 0 Å². The molecule has 0 amide bonds. The predicted octanol–water partition coefficient (Wildman–Crippen LogP) is 3.36. The Kier molecular flexibility index (Phi) is 5.56. The van der Waals surface area contributed by atoms with Crippen LogP contribution in [0.2, 0.25) is 0 Å². The van der Waals surface area contributed by atoms with Gasteiger partial charge in [0.15, 0.2) is 0 Å². The quantitative estimate of drug-likeness (QED) is 0.815. The number of aromatic amines is 1. The molecule has 1 N–H and O–H groups in total. The second kappa shape index (κ2) is 7.72. The van der Waals surface area contributed by atoms with Gasteiger partial charge >= 0.3 is 11.9 Å². The van der Waals surface area contributed by atoms with E-state index in [-0.39, 0.29) is 24.4 Å². The molecule has 146 valence electrons. The number of rotatable bonds is 5. The third-order valence-electron chi connectivity index (χ3n) is 4.88. The summed E-state index contributed by atoms with van der Waals surface area (Å²) < 4.78 is 10.3. The topological polar surface area (TPSA) is 71.6 Å². The van der Waals surface area contributed by atoms with Gasteiger partial charge < -0.3 is 14.5 Å².